The van der Waals surface area contributed by atoms with Crippen LogP contribution in [0.3, 0.4) is 0 Å². The number of anilines is 1. The number of carbonyl (C=O) groups excluding carboxylic acids is 1. The van der Waals surface area contributed by atoms with Crippen LogP contribution in [0.5, 0.6) is 0 Å². The van der Waals surface area contributed by atoms with Gasteiger partial charge in [-0.1, -0.05) is 24.3 Å². The Morgan fingerprint density at radius 2 is 1.82 bits per heavy atom. The molecule has 0 radical (unpaired) electrons. The van der Waals surface area contributed by atoms with Gasteiger partial charge in [-0.3, -0.25) is 4.79 Å². The smallest absolute Gasteiger partial charge is 0.255 e. The lowest BCUT2D eigenvalue weighted by Gasteiger charge is -2.06. The SMILES string of the molecule is Cc1ccc(NC(=O)c2ccccc2)cc1I. The van der Waals surface area contributed by atoms with E-state index in [0.29, 0.717) is 5.56 Å². The van der Waals surface area contributed by atoms with E-state index in [1.807, 2.05) is 43.3 Å². The second-order valence-corrected chi connectivity index (χ2v) is 4.95. The molecule has 2 aromatic carbocycles. The Morgan fingerprint density at radius 1 is 1.12 bits per heavy atom. The van der Waals surface area contributed by atoms with Crippen molar-refractivity contribution in [3.05, 3.63) is 63.2 Å². The Bertz CT molecular complexity index is 537. The number of amides is 1. The van der Waals surface area contributed by atoms with Crippen LogP contribution < -0.4 is 5.32 Å². The normalized spacial score (nSPS) is 10.0. The molecule has 2 aromatic rings. The minimum absolute atomic E-state index is 0.0785. The Labute approximate surface area is 114 Å². The van der Waals surface area contributed by atoms with Gasteiger partial charge in [0.25, 0.3) is 5.91 Å². The molecule has 0 bridgehead atoms. The number of halogens is 1. The summed E-state index contributed by atoms with van der Waals surface area (Å²) in [6.07, 6.45) is 0. The highest BCUT2D eigenvalue weighted by atomic mass is 127. The van der Waals surface area contributed by atoms with Gasteiger partial charge in [0.1, 0.15) is 0 Å². The van der Waals surface area contributed by atoms with Gasteiger partial charge in [-0.05, 0) is 59.3 Å². The molecule has 0 saturated heterocycles. The summed E-state index contributed by atoms with van der Waals surface area (Å²) in [6.45, 7) is 2.05. The Hall–Kier alpha value is -1.36. The lowest BCUT2D eigenvalue weighted by atomic mass is 10.2. The number of carbonyl (C=O) groups is 1. The molecule has 0 aliphatic rings. The summed E-state index contributed by atoms with van der Waals surface area (Å²) in [6, 6.07) is 15.1. The fourth-order valence-corrected chi connectivity index (χ4v) is 1.98. The van der Waals surface area contributed by atoms with Gasteiger partial charge in [0, 0.05) is 14.8 Å². The van der Waals surface area contributed by atoms with E-state index in [9.17, 15) is 4.79 Å². The van der Waals surface area contributed by atoms with Crippen LogP contribution in [-0.2, 0) is 0 Å². The summed E-state index contributed by atoms with van der Waals surface area (Å²) >= 11 is 2.26. The fourth-order valence-electron chi connectivity index (χ4n) is 1.46. The molecule has 2 rings (SSSR count). The van der Waals surface area contributed by atoms with Gasteiger partial charge in [0.2, 0.25) is 0 Å². The van der Waals surface area contributed by atoms with Crippen molar-refractivity contribution in [1.29, 1.82) is 0 Å². The van der Waals surface area contributed by atoms with E-state index in [-0.39, 0.29) is 5.91 Å². The van der Waals surface area contributed by atoms with Crippen molar-refractivity contribution in [1.82, 2.24) is 0 Å². The number of hydrogen-bond donors (Lipinski definition) is 1. The van der Waals surface area contributed by atoms with Crippen molar-refractivity contribution in [3.8, 4) is 0 Å². The standard InChI is InChI=1S/C14H12INO/c1-10-7-8-12(9-13(10)15)16-14(17)11-5-3-2-4-6-11/h2-9H,1H3,(H,16,17). The number of rotatable bonds is 2. The van der Waals surface area contributed by atoms with E-state index < -0.39 is 0 Å². The van der Waals surface area contributed by atoms with Crippen LogP contribution >= 0.6 is 22.6 Å². The Balaban J connectivity index is 2.16. The molecule has 86 valence electrons. The van der Waals surface area contributed by atoms with Crippen LogP contribution in [0.4, 0.5) is 5.69 Å². The van der Waals surface area contributed by atoms with Crippen LogP contribution in [0.1, 0.15) is 15.9 Å². The molecule has 3 heteroatoms. The third kappa shape index (κ3) is 3.06. The number of nitrogens with one attached hydrogen (secondary N) is 1. The Kier molecular flexibility index (Phi) is 3.78. The molecule has 1 N–H and O–H groups in total. The van der Waals surface area contributed by atoms with E-state index >= 15 is 0 Å². The minimum Gasteiger partial charge on any atom is -0.322 e. The van der Waals surface area contributed by atoms with Crippen molar-refractivity contribution in [3.63, 3.8) is 0 Å². The molecular formula is C14H12INO. The van der Waals surface area contributed by atoms with E-state index in [1.165, 1.54) is 5.56 Å². The third-order valence-corrected chi connectivity index (χ3v) is 3.63. The highest BCUT2D eigenvalue weighted by molar-refractivity contribution is 14.1. The van der Waals surface area contributed by atoms with Crippen LogP contribution in [-0.4, -0.2) is 5.91 Å². The molecule has 0 aromatic heterocycles. The van der Waals surface area contributed by atoms with Gasteiger partial charge >= 0.3 is 0 Å². The van der Waals surface area contributed by atoms with Crippen molar-refractivity contribution in [2.24, 2.45) is 0 Å². The molecular weight excluding hydrogens is 325 g/mol. The van der Waals surface area contributed by atoms with E-state index in [4.69, 9.17) is 0 Å². The van der Waals surface area contributed by atoms with Gasteiger partial charge < -0.3 is 5.32 Å². The lowest BCUT2D eigenvalue weighted by Crippen LogP contribution is -2.11. The molecule has 0 fully saturated rings. The van der Waals surface area contributed by atoms with Crippen LogP contribution in [0.2, 0.25) is 0 Å². The predicted octanol–water partition coefficient (Wildman–Crippen LogP) is 3.85. The lowest BCUT2D eigenvalue weighted by molar-refractivity contribution is 0.102. The van der Waals surface area contributed by atoms with E-state index in [2.05, 4.69) is 27.9 Å². The predicted molar refractivity (Wildman–Crippen MR) is 78.3 cm³/mol. The van der Waals surface area contributed by atoms with E-state index in [0.717, 1.165) is 9.26 Å². The molecule has 0 spiro atoms. The summed E-state index contributed by atoms with van der Waals surface area (Å²) in [4.78, 5) is 11.9. The molecule has 0 aliphatic heterocycles. The first-order valence-electron chi connectivity index (χ1n) is 5.29. The molecule has 1 amide bonds. The van der Waals surface area contributed by atoms with Gasteiger partial charge in [-0.25, -0.2) is 0 Å². The average Bonchev–Trinajstić information content (AvgIpc) is 2.35. The number of benzene rings is 2. The third-order valence-electron chi connectivity index (χ3n) is 2.47. The summed E-state index contributed by atoms with van der Waals surface area (Å²) in [7, 11) is 0. The molecule has 2 nitrogen and oxygen atoms in total. The van der Waals surface area contributed by atoms with Crippen molar-refractivity contribution < 1.29 is 4.79 Å². The Morgan fingerprint density at radius 3 is 2.47 bits per heavy atom. The van der Waals surface area contributed by atoms with Gasteiger partial charge in [0.15, 0.2) is 0 Å². The van der Waals surface area contributed by atoms with Crippen LogP contribution in [0.25, 0.3) is 0 Å². The monoisotopic (exact) mass is 337 g/mol. The summed E-state index contributed by atoms with van der Waals surface area (Å²) in [5.41, 5.74) is 2.71. The highest BCUT2D eigenvalue weighted by Gasteiger charge is 2.05. The number of aryl methyl sites for hydroxylation is 1. The number of hydrogen-bond acceptors (Lipinski definition) is 1. The quantitative estimate of drug-likeness (QED) is 0.829. The average molecular weight is 337 g/mol. The second-order valence-electron chi connectivity index (χ2n) is 3.78. The maximum absolute atomic E-state index is 11.9. The van der Waals surface area contributed by atoms with Crippen molar-refractivity contribution >= 4 is 34.2 Å². The maximum atomic E-state index is 11.9. The van der Waals surface area contributed by atoms with Gasteiger partial charge in [-0.2, -0.15) is 0 Å². The summed E-state index contributed by atoms with van der Waals surface area (Å²) in [5, 5.41) is 2.88. The molecule has 0 atom stereocenters. The molecule has 17 heavy (non-hydrogen) atoms. The first-order valence-corrected chi connectivity index (χ1v) is 6.37. The summed E-state index contributed by atoms with van der Waals surface area (Å²) < 4.78 is 1.15. The molecule has 0 heterocycles. The van der Waals surface area contributed by atoms with Gasteiger partial charge in [-0.15, -0.1) is 0 Å². The maximum Gasteiger partial charge on any atom is 0.255 e. The minimum atomic E-state index is -0.0785. The van der Waals surface area contributed by atoms with E-state index in [1.54, 1.807) is 12.1 Å². The summed E-state index contributed by atoms with van der Waals surface area (Å²) in [5.74, 6) is -0.0785. The van der Waals surface area contributed by atoms with Crippen LogP contribution in [0, 0.1) is 10.5 Å². The van der Waals surface area contributed by atoms with Gasteiger partial charge in [0.05, 0.1) is 0 Å². The zero-order chi connectivity index (χ0) is 12.3. The second kappa shape index (κ2) is 5.31. The van der Waals surface area contributed by atoms with Crippen molar-refractivity contribution in [2.75, 3.05) is 5.32 Å². The molecule has 0 saturated carbocycles. The molecule has 0 unspecified atom stereocenters. The zero-order valence-corrected chi connectivity index (χ0v) is 11.6. The van der Waals surface area contributed by atoms with Crippen molar-refractivity contribution in [2.45, 2.75) is 6.92 Å². The first kappa shape index (κ1) is 12.1. The highest BCUT2D eigenvalue weighted by Crippen LogP contribution is 2.17. The fraction of sp³-hybridized carbons (Fsp3) is 0.0714. The zero-order valence-electron chi connectivity index (χ0n) is 9.41. The van der Waals surface area contributed by atoms with Crippen LogP contribution in [0.15, 0.2) is 48.5 Å². The first-order chi connectivity index (χ1) is 8.16. The largest absolute Gasteiger partial charge is 0.322 e. The molecule has 0 aliphatic carbocycles. The topological polar surface area (TPSA) is 29.1 Å².